The van der Waals surface area contributed by atoms with Gasteiger partial charge in [0.1, 0.15) is 5.56 Å². The molecule has 18 heavy (non-hydrogen) atoms. The molecule has 0 spiro atoms. The first-order valence-electron chi connectivity index (χ1n) is 5.33. The summed E-state index contributed by atoms with van der Waals surface area (Å²) >= 11 is 3.33. The predicted molar refractivity (Wildman–Crippen MR) is 68.9 cm³/mol. The Balaban J connectivity index is 2.39. The van der Waals surface area contributed by atoms with Crippen LogP contribution in [0.25, 0.3) is 5.69 Å². The Kier molecular flexibility index (Phi) is 3.66. The molecule has 0 aliphatic rings. The first-order chi connectivity index (χ1) is 8.63. The van der Waals surface area contributed by atoms with E-state index in [1.807, 2.05) is 12.1 Å². The van der Waals surface area contributed by atoms with Crippen LogP contribution in [0.15, 0.2) is 34.9 Å². The van der Waals surface area contributed by atoms with Gasteiger partial charge in [0.2, 0.25) is 5.88 Å². The standard InChI is InChI=1S/C12H11BrN2O3/c1-2-18-12(17)10-7-14-15(11(10)16)9-5-3-4-8(13)6-9/h3-7,16H,2H2,1H3. The predicted octanol–water partition coefficient (Wildman–Crippen LogP) is 2.52. The van der Waals surface area contributed by atoms with Crippen LogP contribution in [-0.4, -0.2) is 27.5 Å². The smallest absolute Gasteiger partial charge is 0.345 e. The molecule has 0 unspecified atom stereocenters. The number of benzene rings is 1. The van der Waals surface area contributed by atoms with E-state index in [0.29, 0.717) is 5.69 Å². The lowest BCUT2D eigenvalue weighted by Crippen LogP contribution is -2.04. The van der Waals surface area contributed by atoms with Gasteiger partial charge in [-0.05, 0) is 25.1 Å². The summed E-state index contributed by atoms with van der Waals surface area (Å²) in [4.78, 5) is 11.5. The number of esters is 1. The van der Waals surface area contributed by atoms with E-state index in [1.54, 1.807) is 19.1 Å². The van der Waals surface area contributed by atoms with E-state index in [2.05, 4.69) is 21.0 Å². The lowest BCUT2D eigenvalue weighted by atomic mass is 10.3. The number of rotatable bonds is 3. The molecule has 2 rings (SSSR count). The van der Waals surface area contributed by atoms with E-state index in [4.69, 9.17) is 4.74 Å². The Morgan fingerprint density at radius 2 is 2.33 bits per heavy atom. The number of carbonyl (C=O) groups is 1. The Hall–Kier alpha value is -1.82. The van der Waals surface area contributed by atoms with Crippen molar-refractivity contribution in [3.05, 3.63) is 40.5 Å². The maximum absolute atomic E-state index is 11.5. The molecule has 6 heteroatoms. The van der Waals surface area contributed by atoms with E-state index in [0.717, 1.165) is 4.47 Å². The summed E-state index contributed by atoms with van der Waals surface area (Å²) in [7, 11) is 0. The zero-order valence-corrected chi connectivity index (χ0v) is 11.2. The second kappa shape index (κ2) is 5.22. The van der Waals surface area contributed by atoms with Crippen molar-refractivity contribution in [3.8, 4) is 11.6 Å². The lowest BCUT2D eigenvalue weighted by Gasteiger charge is -2.04. The van der Waals surface area contributed by atoms with Gasteiger partial charge >= 0.3 is 5.97 Å². The van der Waals surface area contributed by atoms with Crippen LogP contribution in [0.4, 0.5) is 0 Å². The van der Waals surface area contributed by atoms with Gasteiger partial charge in [0.25, 0.3) is 0 Å². The van der Waals surface area contributed by atoms with E-state index in [9.17, 15) is 9.90 Å². The van der Waals surface area contributed by atoms with Gasteiger partial charge in [-0.1, -0.05) is 22.0 Å². The average molecular weight is 311 g/mol. The second-order valence-corrected chi connectivity index (χ2v) is 4.41. The fraction of sp³-hybridized carbons (Fsp3) is 0.167. The quantitative estimate of drug-likeness (QED) is 0.885. The van der Waals surface area contributed by atoms with Crippen molar-refractivity contribution in [3.63, 3.8) is 0 Å². The van der Waals surface area contributed by atoms with E-state index in [1.165, 1.54) is 10.9 Å². The fourth-order valence-electron chi connectivity index (χ4n) is 1.49. The number of ether oxygens (including phenoxy) is 1. The molecule has 1 N–H and O–H groups in total. The largest absolute Gasteiger partial charge is 0.493 e. The Bertz CT molecular complexity index is 580. The minimum atomic E-state index is -0.587. The summed E-state index contributed by atoms with van der Waals surface area (Å²) in [6, 6.07) is 7.22. The molecule has 0 atom stereocenters. The minimum absolute atomic E-state index is 0.0526. The van der Waals surface area contributed by atoms with Crippen LogP contribution in [0.2, 0.25) is 0 Å². The normalized spacial score (nSPS) is 10.3. The van der Waals surface area contributed by atoms with E-state index >= 15 is 0 Å². The van der Waals surface area contributed by atoms with Crippen molar-refractivity contribution in [2.24, 2.45) is 0 Å². The minimum Gasteiger partial charge on any atom is -0.493 e. The molecule has 1 aromatic heterocycles. The Labute approximate surface area is 112 Å². The molecule has 0 amide bonds. The zero-order valence-electron chi connectivity index (χ0n) is 9.63. The number of nitrogens with zero attached hydrogens (tertiary/aromatic N) is 2. The number of aromatic nitrogens is 2. The molecular weight excluding hydrogens is 300 g/mol. The summed E-state index contributed by atoms with van der Waals surface area (Å²) in [5.74, 6) is -0.817. The van der Waals surface area contributed by atoms with Crippen LogP contribution in [-0.2, 0) is 4.74 Å². The monoisotopic (exact) mass is 310 g/mol. The first-order valence-corrected chi connectivity index (χ1v) is 6.13. The summed E-state index contributed by atoms with van der Waals surface area (Å²) in [5, 5.41) is 13.9. The third kappa shape index (κ3) is 2.38. The molecule has 2 aromatic rings. The summed E-state index contributed by atoms with van der Waals surface area (Å²) < 4.78 is 6.95. The molecule has 0 aliphatic carbocycles. The van der Waals surface area contributed by atoms with Gasteiger partial charge in [-0.3, -0.25) is 0 Å². The van der Waals surface area contributed by atoms with Gasteiger partial charge in [-0.2, -0.15) is 5.10 Å². The third-order valence-corrected chi connectivity index (χ3v) is 2.79. The first kappa shape index (κ1) is 12.6. The van der Waals surface area contributed by atoms with E-state index in [-0.39, 0.29) is 18.1 Å². The van der Waals surface area contributed by atoms with Gasteiger partial charge in [-0.15, -0.1) is 0 Å². The van der Waals surface area contributed by atoms with Crippen LogP contribution in [0, 0.1) is 0 Å². The number of hydrogen-bond acceptors (Lipinski definition) is 4. The Morgan fingerprint density at radius 3 is 3.00 bits per heavy atom. The Morgan fingerprint density at radius 1 is 1.56 bits per heavy atom. The highest BCUT2D eigenvalue weighted by molar-refractivity contribution is 9.10. The third-order valence-electron chi connectivity index (χ3n) is 2.29. The second-order valence-electron chi connectivity index (χ2n) is 3.49. The van der Waals surface area contributed by atoms with Crippen molar-refractivity contribution in [1.82, 2.24) is 9.78 Å². The van der Waals surface area contributed by atoms with Crippen LogP contribution < -0.4 is 0 Å². The van der Waals surface area contributed by atoms with Crippen LogP contribution >= 0.6 is 15.9 Å². The van der Waals surface area contributed by atoms with Crippen molar-refractivity contribution in [1.29, 1.82) is 0 Å². The van der Waals surface area contributed by atoms with Crippen LogP contribution in [0.1, 0.15) is 17.3 Å². The van der Waals surface area contributed by atoms with Crippen LogP contribution in [0.5, 0.6) is 5.88 Å². The van der Waals surface area contributed by atoms with Crippen molar-refractivity contribution >= 4 is 21.9 Å². The van der Waals surface area contributed by atoms with Gasteiger partial charge in [0.15, 0.2) is 0 Å². The topological polar surface area (TPSA) is 64.3 Å². The number of aromatic hydroxyl groups is 1. The van der Waals surface area contributed by atoms with Gasteiger partial charge in [0, 0.05) is 4.47 Å². The summed E-state index contributed by atoms with van der Waals surface area (Å²) in [6.45, 7) is 1.95. The molecule has 5 nitrogen and oxygen atoms in total. The fourth-order valence-corrected chi connectivity index (χ4v) is 1.88. The molecule has 0 radical (unpaired) electrons. The molecule has 0 fully saturated rings. The maximum atomic E-state index is 11.5. The molecule has 0 saturated heterocycles. The lowest BCUT2D eigenvalue weighted by molar-refractivity contribution is 0.0523. The summed E-state index contributed by atoms with van der Waals surface area (Å²) in [6.07, 6.45) is 1.29. The number of hydrogen-bond donors (Lipinski definition) is 1. The van der Waals surface area contributed by atoms with Crippen molar-refractivity contribution in [2.75, 3.05) is 6.61 Å². The molecule has 0 aliphatic heterocycles. The van der Waals surface area contributed by atoms with E-state index < -0.39 is 5.97 Å². The SMILES string of the molecule is CCOC(=O)c1cnn(-c2cccc(Br)c2)c1O. The molecule has 1 heterocycles. The van der Waals surface area contributed by atoms with Crippen molar-refractivity contribution < 1.29 is 14.6 Å². The van der Waals surface area contributed by atoms with Gasteiger partial charge in [-0.25, -0.2) is 9.48 Å². The molecule has 94 valence electrons. The maximum Gasteiger partial charge on any atom is 0.345 e. The van der Waals surface area contributed by atoms with Gasteiger partial charge in [0.05, 0.1) is 18.5 Å². The average Bonchev–Trinajstić information content (AvgIpc) is 2.71. The molecule has 1 aromatic carbocycles. The molecule has 0 saturated carbocycles. The summed E-state index contributed by atoms with van der Waals surface area (Å²) in [5.41, 5.74) is 0.703. The highest BCUT2D eigenvalue weighted by Gasteiger charge is 2.18. The zero-order chi connectivity index (χ0) is 13.1. The highest BCUT2D eigenvalue weighted by Crippen LogP contribution is 2.23. The number of halogens is 1. The molecular formula is C12H11BrN2O3. The van der Waals surface area contributed by atoms with Crippen LogP contribution in [0.3, 0.4) is 0 Å². The van der Waals surface area contributed by atoms with Gasteiger partial charge < -0.3 is 9.84 Å². The number of carbonyl (C=O) groups excluding carboxylic acids is 1. The van der Waals surface area contributed by atoms with Crippen molar-refractivity contribution in [2.45, 2.75) is 6.92 Å². The highest BCUT2D eigenvalue weighted by atomic mass is 79.9. The molecule has 0 bridgehead atoms.